The molecular formula is C22H21N5O3. The number of fused-ring (bicyclic) bond motifs is 1. The molecule has 0 radical (unpaired) electrons. The first-order valence-electron chi connectivity index (χ1n) is 9.79. The highest BCUT2D eigenvalue weighted by Gasteiger charge is 2.23. The van der Waals surface area contributed by atoms with Gasteiger partial charge in [-0.3, -0.25) is 4.57 Å². The van der Waals surface area contributed by atoms with Crippen LogP contribution in [0.2, 0.25) is 0 Å². The zero-order chi connectivity index (χ0) is 20.7. The number of nitrogens with zero attached hydrogens (tertiary/aromatic N) is 4. The van der Waals surface area contributed by atoms with Gasteiger partial charge in [0.15, 0.2) is 5.65 Å². The number of nitrogens with one attached hydrogen (secondary N) is 1. The number of methoxy groups -OCH3 is 1. The van der Waals surface area contributed by atoms with Crippen LogP contribution in [0.15, 0.2) is 59.5 Å². The highest BCUT2D eigenvalue weighted by Crippen LogP contribution is 2.25. The molecule has 0 bridgehead atoms. The molecule has 2 heterocycles. The van der Waals surface area contributed by atoms with Gasteiger partial charge in [0.1, 0.15) is 17.0 Å². The molecule has 1 aliphatic rings. The standard InChI is InChI=1S/C22H21N5O3/c1-30-18-7-2-4-14(10-18)13-26-19-12-23-21(24-15-8-9-15)25-20(19)27(22(26)29)16-5-3-6-17(28)11-16/h2-7,10-12,15,28H,8-9,13H2,1H3,(H,23,24,25). The maximum atomic E-state index is 13.4. The number of aromatic hydroxyl groups is 1. The third kappa shape index (κ3) is 3.36. The van der Waals surface area contributed by atoms with Crippen molar-refractivity contribution in [3.05, 3.63) is 70.8 Å². The Balaban J connectivity index is 1.68. The van der Waals surface area contributed by atoms with Crippen molar-refractivity contribution in [2.24, 2.45) is 0 Å². The molecule has 0 spiro atoms. The van der Waals surface area contributed by atoms with E-state index in [1.165, 1.54) is 4.57 Å². The highest BCUT2D eigenvalue weighted by atomic mass is 16.5. The minimum absolute atomic E-state index is 0.0819. The van der Waals surface area contributed by atoms with E-state index >= 15 is 0 Å². The SMILES string of the molecule is COc1cccc(Cn2c(=O)n(-c3cccc(O)c3)c3nc(NC4CC4)ncc32)c1. The molecule has 1 aliphatic carbocycles. The van der Waals surface area contributed by atoms with Crippen LogP contribution in [0.5, 0.6) is 11.5 Å². The van der Waals surface area contributed by atoms with E-state index in [-0.39, 0.29) is 11.4 Å². The molecule has 4 aromatic rings. The van der Waals surface area contributed by atoms with Crippen LogP contribution in [0, 0.1) is 0 Å². The molecular weight excluding hydrogens is 382 g/mol. The van der Waals surface area contributed by atoms with Gasteiger partial charge < -0.3 is 15.2 Å². The monoisotopic (exact) mass is 403 g/mol. The van der Waals surface area contributed by atoms with E-state index in [4.69, 9.17) is 4.74 Å². The van der Waals surface area contributed by atoms with E-state index < -0.39 is 0 Å². The van der Waals surface area contributed by atoms with Gasteiger partial charge in [0.05, 0.1) is 25.5 Å². The van der Waals surface area contributed by atoms with Gasteiger partial charge in [0, 0.05) is 12.1 Å². The fraction of sp³-hybridized carbons (Fsp3) is 0.227. The largest absolute Gasteiger partial charge is 0.508 e. The molecule has 0 aliphatic heterocycles. The third-order valence-electron chi connectivity index (χ3n) is 5.15. The summed E-state index contributed by atoms with van der Waals surface area (Å²) in [6.45, 7) is 0.344. The van der Waals surface area contributed by atoms with Crippen molar-refractivity contribution >= 4 is 17.1 Å². The van der Waals surface area contributed by atoms with Gasteiger partial charge in [-0.2, -0.15) is 4.98 Å². The number of anilines is 1. The summed E-state index contributed by atoms with van der Waals surface area (Å²) in [5.41, 5.74) is 2.33. The smallest absolute Gasteiger partial charge is 0.335 e. The summed E-state index contributed by atoms with van der Waals surface area (Å²) in [6.07, 6.45) is 3.86. The molecule has 30 heavy (non-hydrogen) atoms. The molecule has 5 rings (SSSR count). The van der Waals surface area contributed by atoms with Gasteiger partial charge in [-0.1, -0.05) is 18.2 Å². The van der Waals surface area contributed by atoms with E-state index in [0.717, 1.165) is 24.2 Å². The molecule has 0 atom stereocenters. The number of aromatic nitrogens is 4. The van der Waals surface area contributed by atoms with Crippen LogP contribution in [0.3, 0.4) is 0 Å². The zero-order valence-corrected chi connectivity index (χ0v) is 16.4. The lowest BCUT2D eigenvalue weighted by Crippen LogP contribution is -2.23. The lowest BCUT2D eigenvalue weighted by Gasteiger charge is -2.06. The molecule has 8 heteroatoms. The maximum absolute atomic E-state index is 13.4. The lowest BCUT2D eigenvalue weighted by atomic mass is 10.2. The van der Waals surface area contributed by atoms with Crippen LogP contribution in [0.1, 0.15) is 18.4 Å². The van der Waals surface area contributed by atoms with E-state index in [2.05, 4.69) is 15.3 Å². The molecule has 1 fully saturated rings. The number of benzene rings is 2. The van der Waals surface area contributed by atoms with Crippen molar-refractivity contribution in [2.75, 3.05) is 12.4 Å². The second-order valence-corrected chi connectivity index (χ2v) is 7.40. The first-order valence-corrected chi connectivity index (χ1v) is 9.79. The lowest BCUT2D eigenvalue weighted by molar-refractivity contribution is 0.414. The normalized spacial score (nSPS) is 13.5. The van der Waals surface area contributed by atoms with Gasteiger partial charge in [-0.15, -0.1) is 0 Å². The van der Waals surface area contributed by atoms with Gasteiger partial charge in [-0.25, -0.2) is 14.3 Å². The summed E-state index contributed by atoms with van der Waals surface area (Å²) >= 11 is 0. The minimum atomic E-state index is -0.253. The summed E-state index contributed by atoms with van der Waals surface area (Å²) < 4.78 is 8.45. The fourth-order valence-corrected chi connectivity index (χ4v) is 3.49. The Kier molecular flexibility index (Phi) is 4.39. The third-order valence-corrected chi connectivity index (χ3v) is 5.15. The Labute approximate surface area is 172 Å². The first kappa shape index (κ1) is 18.2. The second kappa shape index (κ2) is 7.22. The van der Waals surface area contributed by atoms with Gasteiger partial charge >= 0.3 is 5.69 Å². The first-order chi connectivity index (χ1) is 14.6. The zero-order valence-electron chi connectivity index (χ0n) is 16.4. The molecule has 152 valence electrons. The van der Waals surface area contributed by atoms with E-state index in [1.807, 2.05) is 24.3 Å². The Hall–Kier alpha value is -3.81. The maximum Gasteiger partial charge on any atom is 0.335 e. The van der Waals surface area contributed by atoms with E-state index in [0.29, 0.717) is 35.4 Å². The van der Waals surface area contributed by atoms with Crippen LogP contribution >= 0.6 is 0 Å². The second-order valence-electron chi connectivity index (χ2n) is 7.40. The Morgan fingerprint density at radius 2 is 2.03 bits per heavy atom. The van der Waals surface area contributed by atoms with Crippen molar-refractivity contribution in [2.45, 2.75) is 25.4 Å². The van der Waals surface area contributed by atoms with Crippen LogP contribution < -0.4 is 15.7 Å². The van der Waals surface area contributed by atoms with Crippen molar-refractivity contribution in [1.29, 1.82) is 0 Å². The van der Waals surface area contributed by atoms with Crippen molar-refractivity contribution < 1.29 is 9.84 Å². The van der Waals surface area contributed by atoms with Crippen molar-refractivity contribution in [3.8, 4) is 17.2 Å². The summed E-state index contributed by atoms with van der Waals surface area (Å²) in [6, 6.07) is 14.6. The summed E-state index contributed by atoms with van der Waals surface area (Å²) in [4.78, 5) is 22.5. The highest BCUT2D eigenvalue weighted by molar-refractivity contribution is 5.74. The molecule has 8 nitrogen and oxygen atoms in total. The molecule has 1 saturated carbocycles. The molecule has 0 unspecified atom stereocenters. The summed E-state index contributed by atoms with van der Waals surface area (Å²) in [5.74, 6) is 1.31. The Morgan fingerprint density at radius 3 is 2.80 bits per heavy atom. The van der Waals surface area contributed by atoms with Crippen LogP contribution in [-0.4, -0.2) is 37.4 Å². The molecule has 0 amide bonds. The predicted octanol–water partition coefficient (Wildman–Crippen LogP) is 2.92. The predicted molar refractivity (Wildman–Crippen MR) is 114 cm³/mol. The number of ether oxygens (including phenoxy) is 1. The Morgan fingerprint density at radius 1 is 1.20 bits per heavy atom. The summed E-state index contributed by atoms with van der Waals surface area (Å²) in [5, 5.41) is 13.2. The van der Waals surface area contributed by atoms with Gasteiger partial charge in [0.25, 0.3) is 0 Å². The van der Waals surface area contributed by atoms with E-state index in [1.54, 1.807) is 42.1 Å². The summed E-state index contributed by atoms with van der Waals surface area (Å²) in [7, 11) is 1.61. The van der Waals surface area contributed by atoms with Crippen LogP contribution in [0.25, 0.3) is 16.9 Å². The quantitative estimate of drug-likeness (QED) is 0.514. The van der Waals surface area contributed by atoms with Crippen molar-refractivity contribution in [3.63, 3.8) is 0 Å². The van der Waals surface area contributed by atoms with Crippen LogP contribution in [-0.2, 0) is 6.54 Å². The average Bonchev–Trinajstić information content (AvgIpc) is 3.52. The topological polar surface area (TPSA) is 94.2 Å². The number of phenols is 1. The minimum Gasteiger partial charge on any atom is -0.508 e. The molecule has 2 aromatic carbocycles. The molecule has 2 N–H and O–H groups in total. The molecule has 0 saturated heterocycles. The number of hydrogen-bond acceptors (Lipinski definition) is 6. The number of phenolic OH excluding ortho intramolecular Hbond substituents is 1. The van der Waals surface area contributed by atoms with Crippen LogP contribution in [0.4, 0.5) is 5.95 Å². The van der Waals surface area contributed by atoms with Crippen molar-refractivity contribution in [1.82, 2.24) is 19.1 Å². The van der Waals surface area contributed by atoms with E-state index in [9.17, 15) is 9.90 Å². The molecule has 2 aromatic heterocycles. The average molecular weight is 403 g/mol. The number of hydrogen-bond donors (Lipinski definition) is 2. The number of imidazole rings is 1. The fourth-order valence-electron chi connectivity index (χ4n) is 3.49. The van der Waals surface area contributed by atoms with Gasteiger partial charge in [0.2, 0.25) is 5.95 Å². The van der Waals surface area contributed by atoms with Gasteiger partial charge in [-0.05, 0) is 42.7 Å². The number of rotatable bonds is 6. The Bertz CT molecular complexity index is 1290.